The number of aromatic amines is 1. The van der Waals surface area contributed by atoms with Crippen molar-refractivity contribution in [2.75, 3.05) is 18.8 Å². The first kappa shape index (κ1) is 22.5. The minimum Gasteiger partial charge on any atom is -0.346 e. The number of hydrogen-bond donors (Lipinski definition) is 2. The largest absolute Gasteiger partial charge is 0.346 e. The molecule has 3 rings (SSSR count). The van der Waals surface area contributed by atoms with E-state index in [0.717, 1.165) is 29.9 Å². The van der Waals surface area contributed by atoms with Gasteiger partial charge in [-0.1, -0.05) is 50.6 Å². The van der Waals surface area contributed by atoms with E-state index in [-0.39, 0.29) is 23.6 Å². The van der Waals surface area contributed by atoms with Crippen LogP contribution in [0.3, 0.4) is 0 Å². The third-order valence-electron chi connectivity index (χ3n) is 5.71. The minimum atomic E-state index is -3.20. The summed E-state index contributed by atoms with van der Waals surface area (Å²) in [5.41, 5.74) is 1.97. The summed E-state index contributed by atoms with van der Waals surface area (Å²) in [5.74, 6) is 0.746. The molecule has 7 nitrogen and oxygen atoms in total. The number of piperidine rings is 1. The number of aromatic nitrogens is 2. The van der Waals surface area contributed by atoms with Crippen molar-refractivity contribution in [2.45, 2.75) is 52.0 Å². The quantitative estimate of drug-likeness (QED) is 0.634. The first-order chi connectivity index (χ1) is 14.4. The minimum absolute atomic E-state index is 0.0230. The summed E-state index contributed by atoms with van der Waals surface area (Å²) < 4.78 is 26.3. The lowest BCUT2D eigenvalue weighted by Gasteiger charge is -2.31. The van der Waals surface area contributed by atoms with E-state index in [1.807, 2.05) is 44.2 Å². The summed E-state index contributed by atoms with van der Waals surface area (Å²) in [6, 6.07) is 9.75. The Hall–Kier alpha value is -2.19. The third kappa shape index (κ3) is 5.49. The molecule has 1 aromatic heterocycles. The van der Waals surface area contributed by atoms with E-state index in [0.29, 0.717) is 32.4 Å². The maximum atomic E-state index is 12.8. The standard InChI is InChI=1S/C22H32N4O3S/c1-3-5-15-30(28,29)26-13-11-18(12-14-26)22(27)25-19(4-2)21-23-16-20(24-21)17-9-7-6-8-10-17/h6-10,16,18-19H,3-5,11-15H2,1-2H3,(H,23,24)(H,25,27). The fourth-order valence-corrected chi connectivity index (χ4v) is 5.46. The van der Waals surface area contributed by atoms with Gasteiger partial charge < -0.3 is 10.3 Å². The van der Waals surface area contributed by atoms with Gasteiger partial charge >= 0.3 is 0 Å². The van der Waals surface area contributed by atoms with E-state index in [1.54, 1.807) is 10.5 Å². The molecule has 1 aliphatic rings. The summed E-state index contributed by atoms with van der Waals surface area (Å²) in [5, 5.41) is 3.10. The van der Waals surface area contributed by atoms with Crippen molar-refractivity contribution in [1.29, 1.82) is 0 Å². The highest BCUT2D eigenvalue weighted by Crippen LogP contribution is 2.24. The molecule has 1 atom stereocenters. The van der Waals surface area contributed by atoms with Crippen molar-refractivity contribution in [3.63, 3.8) is 0 Å². The van der Waals surface area contributed by atoms with Crippen LogP contribution in [0.1, 0.15) is 57.8 Å². The van der Waals surface area contributed by atoms with Crippen molar-refractivity contribution >= 4 is 15.9 Å². The van der Waals surface area contributed by atoms with Gasteiger partial charge in [0.05, 0.1) is 23.7 Å². The number of sulfonamides is 1. The molecule has 1 saturated heterocycles. The zero-order valence-electron chi connectivity index (χ0n) is 17.8. The topological polar surface area (TPSA) is 95.2 Å². The number of rotatable bonds is 9. The van der Waals surface area contributed by atoms with Crippen LogP contribution in [-0.2, 0) is 14.8 Å². The van der Waals surface area contributed by atoms with Gasteiger partial charge in [-0.05, 0) is 31.2 Å². The predicted octanol–water partition coefficient (Wildman–Crippen LogP) is 3.49. The Morgan fingerprint density at radius 3 is 2.57 bits per heavy atom. The number of carbonyl (C=O) groups is 1. The highest BCUT2D eigenvalue weighted by atomic mass is 32.2. The number of nitrogens with zero attached hydrogens (tertiary/aromatic N) is 2. The molecule has 1 unspecified atom stereocenters. The van der Waals surface area contributed by atoms with Crippen molar-refractivity contribution in [3.8, 4) is 11.3 Å². The predicted molar refractivity (Wildman–Crippen MR) is 118 cm³/mol. The Morgan fingerprint density at radius 2 is 1.93 bits per heavy atom. The summed E-state index contributed by atoms with van der Waals surface area (Å²) in [7, 11) is -3.20. The number of benzene rings is 1. The number of imidazole rings is 1. The van der Waals surface area contributed by atoms with Crippen molar-refractivity contribution in [2.24, 2.45) is 5.92 Å². The number of H-pyrrole nitrogens is 1. The SMILES string of the molecule is CCCCS(=O)(=O)N1CCC(C(=O)NC(CC)c2ncc(-c3ccccc3)[nH]2)CC1. The monoisotopic (exact) mass is 432 g/mol. The molecule has 2 heterocycles. The van der Waals surface area contributed by atoms with E-state index < -0.39 is 10.0 Å². The van der Waals surface area contributed by atoms with Gasteiger partial charge in [0.2, 0.25) is 15.9 Å². The Morgan fingerprint density at radius 1 is 1.23 bits per heavy atom. The van der Waals surface area contributed by atoms with Gasteiger partial charge in [0, 0.05) is 19.0 Å². The van der Waals surface area contributed by atoms with Gasteiger partial charge in [0.25, 0.3) is 0 Å². The molecular formula is C22H32N4O3S. The van der Waals surface area contributed by atoms with E-state index in [1.165, 1.54) is 0 Å². The van der Waals surface area contributed by atoms with Gasteiger partial charge in [0.1, 0.15) is 5.82 Å². The second-order valence-corrected chi connectivity index (χ2v) is 9.95. The average Bonchev–Trinajstić information content (AvgIpc) is 3.27. The number of hydrogen-bond acceptors (Lipinski definition) is 4. The van der Waals surface area contributed by atoms with Crippen LogP contribution in [0.5, 0.6) is 0 Å². The molecule has 2 aromatic rings. The van der Waals surface area contributed by atoms with Crippen molar-refractivity contribution < 1.29 is 13.2 Å². The van der Waals surface area contributed by atoms with E-state index in [9.17, 15) is 13.2 Å². The molecule has 8 heteroatoms. The summed E-state index contributed by atoms with van der Waals surface area (Å²) >= 11 is 0. The Balaban J connectivity index is 1.57. The van der Waals surface area contributed by atoms with Crippen LogP contribution in [0.2, 0.25) is 0 Å². The van der Waals surface area contributed by atoms with E-state index >= 15 is 0 Å². The average molecular weight is 433 g/mol. The van der Waals surface area contributed by atoms with Crippen LogP contribution >= 0.6 is 0 Å². The maximum Gasteiger partial charge on any atom is 0.223 e. The summed E-state index contributed by atoms with van der Waals surface area (Å²) in [6.07, 6.45) is 5.16. The van der Waals surface area contributed by atoms with Crippen LogP contribution in [0.4, 0.5) is 0 Å². The number of amides is 1. The highest BCUT2D eigenvalue weighted by molar-refractivity contribution is 7.89. The Labute approximate surface area is 179 Å². The number of nitrogens with one attached hydrogen (secondary N) is 2. The molecule has 30 heavy (non-hydrogen) atoms. The molecule has 1 amide bonds. The Bertz CT molecular complexity index is 919. The number of unbranched alkanes of at least 4 members (excludes halogenated alkanes) is 1. The third-order valence-corrected chi connectivity index (χ3v) is 7.67. The van der Waals surface area contributed by atoms with Gasteiger partial charge in [-0.15, -0.1) is 0 Å². The first-order valence-corrected chi connectivity index (χ1v) is 12.4. The molecule has 0 bridgehead atoms. The molecule has 2 N–H and O–H groups in total. The number of carbonyl (C=O) groups excluding carboxylic acids is 1. The second kappa shape index (κ2) is 10.2. The fraction of sp³-hybridized carbons (Fsp3) is 0.545. The van der Waals surface area contributed by atoms with E-state index in [4.69, 9.17) is 0 Å². The Kier molecular flexibility index (Phi) is 7.66. The van der Waals surface area contributed by atoms with Crippen LogP contribution < -0.4 is 5.32 Å². The van der Waals surface area contributed by atoms with Crippen LogP contribution in [0.25, 0.3) is 11.3 Å². The molecular weight excluding hydrogens is 400 g/mol. The van der Waals surface area contributed by atoms with Crippen molar-refractivity contribution in [1.82, 2.24) is 19.6 Å². The lowest BCUT2D eigenvalue weighted by atomic mass is 9.96. The summed E-state index contributed by atoms with van der Waals surface area (Å²) in [4.78, 5) is 20.6. The molecule has 1 fully saturated rings. The van der Waals surface area contributed by atoms with Crippen LogP contribution in [0, 0.1) is 5.92 Å². The molecule has 0 saturated carbocycles. The van der Waals surface area contributed by atoms with Gasteiger partial charge in [-0.3, -0.25) is 4.79 Å². The molecule has 1 aliphatic heterocycles. The van der Waals surface area contributed by atoms with Crippen LogP contribution in [0.15, 0.2) is 36.5 Å². The van der Waals surface area contributed by atoms with Crippen molar-refractivity contribution in [3.05, 3.63) is 42.4 Å². The summed E-state index contributed by atoms with van der Waals surface area (Å²) in [6.45, 7) is 4.83. The molecule has 0 spiro atoms. The zero-order chi connectivity index (χ0) is 21.6. The van der Waals surface area contributed by atoms with Gasteiger partial charge in [0.15, 0.2) is 0 Å². The van der Waals surface area contributed by atoms with Gasteiger partial charge in [-0.25, -0.2) is 17.7 Å². The smallest absolute Gasteiger partial charge is 0.223 e. The maximum absolute atomic E-state index is 12.8. The lowest BCUT2D eigenvalue weighted by molar-refractivity contribution is -0.127. The fourth-order valence-electron chi connectivity index (χ4n) is 3.78. The normalized spacial score (nSPS) is 17.0. The molecule has 0 aliphatic carbocycles. The second-order valence-electron chi connectivity index (χ2n) is 7.86. The zero-order valence-corrected chi connectivity index (χ0v) is 18.6. The van der Waals surface area contributed by atoms with E-state index in [2.05, 4.69) is 15.3 Å². The molecule has 1 aromatic carbocycles. The molecule has 164 valence electrons. The lowest BCUT2D eigenvalue weighted by Crippen LogP contribution is -2.44. The molecule has 0 radical (unpaired) electrons. The van der Waals surface area contributed by atoms with Crippen LogP contribution in [-0.4, -0.2) is 47.4 Å². The van der Waals surface area contributed by atoms with Gasteiger partial charge in [-0.2, -0.15) is 0 Å². The first-order valence-electron chi connectivity index (χ1n) is 10.8. The highest BCUT2D eigenvalue weighted by Gasteiger charge is 2.31.